The molecular formula is C20H15BrF2N4O2S3. The highest BCUT2D eigenvalue weighted by Crippen LogP contribution is 2.38. The number of imidazole rings is 1. The molecule has 0 aliphatic rings. The van der Waals surface area contributed by atoms with E-state index < -0.39 is 21.5 Å². The van der Waals surface area contributed by atoms with Crippen LogP contribution in [0.25, 0.3) is 11.0 Å². The number of rotatable bonds is 6. The van der Waals surface area contributed by atoms with E-state index in [2.05, 4.69) is 20.9 Å². The number of nitrogen functional groups attached to an aromatic ring is 1. The summed E-state index contributed by atoms with van der Waals surface area (Å²) in [4.78, 5) is 4.65. The topological polar surface area (TPSA) is 102 Å². The maximum atomic E-state index is 14.2. The normalized spacial score (nSPS) is 11.9. The van der Waals surface area contributed by atoms with Crippen molar-refractivity contribution in [2.24, 2.45) is 5.73 Å². The molecule has 32 heavy (non-hydrogen) atoms. The first kappa shape index (κ1) is 22.9. The van der Waals surface area contributed by atoms with E-state index in [1.807, 2.05) is 0 Å². The highest BCUT2D eigenvalue weighted by molar-refractivity contribution is 9.10. The van der Waals surface area contributed by atoms with E-state index in [-0.39, 0.29) is 27.7 Å². The summed E-state index contributed by atoms with van der Waals surface area (Å²) in [6, 6.07) is 7.86. The molecule has 2 heterocycles. The van der Waals surface area contributed by atoms with Crippen molar-refractivity contribution in [2.75, 3.05) is 6.26 Å². The molecule has 0 spiro atoms. The number of hydrogen-bond acceptors (Lipinski definition) is 6. The van der Waals surface area contributed by atoms with Crippen LogP contribution in [0.1, 0.15) is 10.4 Å². The summed E-state index contributed by atoms with van der Waals surface area (Å²) in [7, 11) is -3.97. The molecule has 0 unspecified atom stereocenters. The van der Waals surface area contributed by atoms with Crippen molar-refractivity contribution in [2.45, 2.75) is 20.5 Å². The highest BCUT2D eigenvalue weighted by atomic mass is 79.9. The minimum atomic E-state index is -3.97. The van der Waals surface area contributed by atoms with Crippen LogP contribution in [0, 0.1) is 17.0 Å². The number of benzene rings is 2. The number of nitrogens with zero attached hydrogens (tertiary/aromatic N) is 2. The standard InChI is InChI=1S/C20H15BrF2N4O2S3/c1-30-20-17(7-16(31-20)19(24)25)32(28,29)10-5-12(21)18-15(6-10)27(9-26-18)8-11-13(22)3-2-4-14(11)23/h2-7,9H,8H2,1H3,(H3,24,25). The van der Waals surface area contributed by atoms with Crippen molar-refractivity contribution in [1.82, 2.24) is 9.55 Å². The average molecular weight is 557 g/mol. The predicted molar refractivity (Wildman–Crippen MR) is 125 cm³/mol. The van der Waals surface area contributed by atoms with Crippen LogP contribution >= 0.6 is 39.0 Å². The summed E-state index contributed by atoms with van der Waals surface area (Å²) < 4.78 is 57.6. The Bertz CT molecular complexity index is 1460. The number of amidine groups is 1. The molecule has 3 N–H and O–H groups in total. The van der Waals surface area contributed by atoms with Gasteiger partial charge < -0.3 is 10.3 Å². The average Bonchev–Trinajstić information content (AvgIpc) is 3.36. The third kappa shape index (κ3) is 3.96. The molecule has 0 aliphatic heterocycles. The van der Waals surface area contributed by atoms with Gasteiger partial charge in [0, 0.05) is 10.0 Å². The highest BCUT2D eigenvalue weighted by Gasteiger charge is 2.26. The Balaban J connectivity index is 1.86. The van der Waals surface area contributed by atoms with Gasteiger partial charge >= 0.3 is 0 Å². The number of halogens is 3. The van der Waals surface area contributed by atoms with Crippen LogP contribution in [0.2, 0.25) is 0 Å². The van der Waals surface area contributed by atoms with Gasteiger partial charge in [-0.05, 0) is 52.5 Å². The van der Waals surface area contributed by atoms with Gasteiger partial charge in [0.25, 0.3) is 0 Å². The van der Waals surface area contributed by atoms with Gasteiger partial charge in [0.05, 0.1) is 37.3 Å². The zero-order valence-corrected chi connectivity index (χ0v) is 20.4. The quantitative estimate of drug-likeness (QED) is 0.197. The molecule has 166 valence electrons. The summed E-state index contributed by atoms with van der Waals surface area (Å²) in [6.45, 7) is -0.159. The number of fused-ring (bicyclic) bond motifs is 1. The number of hydrogen-bond donors (Lipinski definition) is 2. The first-order valence-corrected chi connectivity index (χ1v) is 13.3. The van der Waals surface area contributed by atoms with E-state index in [1.165, 1.54) is 46.9 Å². The van der Waals surface area contributed by atoms with Gasteiger partial charge in [-0.3, -0.25) is 5.41 Å². The maximum absolute atomic E-state index is 14.2. The molecule has 4 aromatic rings. The lowest BCUT2D eigenvalue weighted by molar-refractivity contribution is 0.546. The monoisotopic (exact) mass is 556 g/mol. The van der Waals surface area contributed by atoms with Crippen molar-refractivity contribution in [3.05, 3.63) is 69.3 Å². The van der Waals surface area contributed by atoms with Gasteiger partial charge in [-0.25, -0.2) is 22.2 Å². The largest absolute Gasteiger partial charge is 0.383 e. The fraction of sp³-hybridized carbons (Fsp3) is 0.100. The number of nitrogens with one attached hydrogen (secondary N) is 1. The van der Waals surface area contributed by atoms with Crippen LogP contribution in [0.3, 0.4) is 0 Å². The third-order valence-corrected chi connectivity index (χ3v) is 9.68. The zero-order chi connectivity index (χ0) is 23.2. The summed E-state index contributed by atoms with van der Waals surface area (Å²) in [5, 5.41) is 7.62. The van der Waals surface area contributed by atoms with Crippen molar-refractivity contribution >= 4 is 65.7 Å². The number of sulfone groups is 1. The predicted octanol–water partition coefficient (Wildman–Crippen LogP) is 5.03. The van der Waals surface area contributed by atoms with Crippen molar-refractivity contribution in [1.29, 1.82) is 5.41 Å². The van der Waals surface area contributed by atoms with Gasteiger partial charge in [0.15, 0.2) is 0 Å². The number of aromatic nitrogens is 2. The molecule has 0 aliphatic carbocycles. The summed E-state index contributed by atoms with van der Waals surface area (Å²) >= 11 is 5.74. The lowest BCUT2D eigenvalue weighted by Gasteiger charge is -2.10. The molecule has 0 bridgehead atoms. The molecule has 0 atom stereocenters. The number of thioether (sulfide) groups is 1. The van der Waals surface area contributed by atoms with Gasteiger partial charge in [-0.2, -0.15) is 0 Å². The van der Waals surface area contributed by atoms with Crippen molar-refractivity contribution in [3.8, 4) is 0 Å². The molecule has 12 heteroatoms. The van der Waals surface area contributed by atoms with Gasteiger partial charge in [0.2, 0.25) is 9.84 Å². The van der Waals surface area contributed by atoms with E-state index >= 15 is 0 Å². The van der Waals surface area contributed by atoms with Crippen LogP contribution < -0.4 is 5.73 Å². The number of thiophene rings is 1. The molecule has 2 aromatic carbocycles. The molecule has 6 nitrogen and oxygen atoms in total. The van der Waals surface area contributed by atoms with Gasteiger partial charge in [-0.15, -0.1) is 23.1 Å². The van der Waals surface area contributed by atoms with E-state index in [0.29, 0.717) is 24.6 Å². The lowest BCUT2D eigenvalue weighted by Crippen LogP contribution is -2.09. The Labute approximate surface area is 199 Å². The Hall–Kier alpha value is -2.28. The molecule has 0 saturated heterocycles. The fourth-order valence-electron chi connectivity index (χ4n) is 3.18. The number of nitrogens with two attached hydrogens (primary N) is 1. The van der Waals surface area contributed by atoms with Crippen molar-refractivity contribution in [3.63, 3.8) is 0 Å². The molecule has 0 saturated carbocycles. The fourth-order valence-corrected chi connectivity index (χ4v) is 7.78. The van der Waals surface area contributed by atoms with Gasteiger partial charge in [-0.1, -0.05) is 6.07 Å². The molecule has 4 rings (SSSR count). The van der Waals surface area contributed by atoms with Crippen LogP contribution in [0.15, 0.2) is 61.2 Å². The van der Waals surface area contributed by atoms with Crippen LogP contribution in [0.4, 0.5) is 8.78 Å². The van der Waals surface area contributed by atoms with Crippen LogP contribution in [-0.2, 0) is 16.4 Å². The maximum Gasteiger partial charge on any atom is 0.208 e. The van der Waals surface area contributed by atoms with E-state index in [9.17, 15) is 17.2 Å². The van der Waals surface area contributed by atoms with E-state index in [4.69, 9.17) is 11.1 Å². The molecule has 0 amide bonds. The zero-order valence-electron chi connectivity index (χ0n) is 16.4. The summed E-state index contributed by atoms with van der Waals surface area (Å²) in [5.41, 5.74) is 6.25. The Morgan fingerprint density at radius 1 is 1.28 bits per heavy atom. The summed E-state index contributed by atoms with van der Waals surface area (Å²) in [5.74, 6) is -1.61. The second-order valence-corrected chi connectivity index (χ2v) is 11.6. The molecular weight excluding hydrogens is 542 g/mol. The second kappa shape index (κ2) is 8.58. The first-order chi connectivity index (χ1) is 15.1. The van der Waals surface area contributed by atoms with E-state index in [0.717, 1.165) is 23.5 Å². The molecule has 0 fully saturated rings. The molecule has 0 radical (unpaired) electrons. The smallest absolute Gasteiger partial charge is 0.208 e. The summed E-state index contributed by atoms with van der Waals surface area (Å²) in [6.07, 6.45) is 3.15. The third-order valence-electron chi connectivity index (χ3n) is 4.76. The minimum absolute atomic E-state index is 0.0177. The van der Waals surface area contributed by atoms with E-state index in [1.54, 1.807) is 6.26 Å². The lowest BCUT2D eigenvalue weighted by atomic mass is 10.2. The first-order valence-electron chi connectivity index (χ1n) is 8.98. The second-order valence-electron chi connectivity index (χ2n) is 6.73. The Morgan fingerprint density at radius 2 is 1.97 bits per heavy atom. The molecule has 2 aromatic heterocycles. The van der Waals surface area contributed by atoms with Gasteiger partial charge in [0.1, 0.15) is 23.0 Å². The minimum Gasteiger partial charge on any atom is -0.383 e. The van der Waals surface area contributed by atoms with Crippen LogP contribution in [0.5, 0.6) is 0 Å². The Kier molecular flexibility index (Phi) is 6.14. The Morgan fingerprint density at radius 3 is 2.59 bits per heavy atom. The van der Waals surface area contributed by atoms with Crippen LogP contribution in [-0.4, -0.2) is 30.1 Å². The van der Waals surface area contributed by atoms with Crippen molar-refractivity contribution < 1.29 is 17.2 Å². The SMILES string of the molecule is CSc1sc(C(=N)N)cc1S(=O)(=O)c1cc(Br)c2ncn(Cc3c(F)cccc3F)c2c1.